The molecule has 4 unspecified atom stereocenters. The summed E-state index contributed by atoms with van der Waals surface area (Å²) in [7, 11) is -3.98. The second-order valence-corrected chi connectivity index (χ2v) is 10.0. The predicted octanol–water partition coefficient (Wildman–Crippen LogP) is 1.27. The van der Waals surface area contributed by atoms with E-state index in [1.165, 1.54) is 0 Å². The van der Waals surface area contributed by atoms with Gasteiger partial charge < -0.3 is 0 Å². The normalized spacial score (nSPS) is 43.2. The highest BCUT2D eigenvalue weighted by Crippen LogP contribution is 2.64. The van der Waals surface area contributed by atoms with E-state index in [1.807, 2.05) is 13.8 Å². The van der Waals surface area contributed by atoms with Crippen LogP contribution in [-0.4, -0.2) is 37.6 Å². The second-order valence-electron chi connectivity index (χ2n) is 8.41. The lowest BCUT2D eigenvalue weighted by atomic mass is 9.70. The fraction of sp³-hybridized carbons (Fsp3) is 0.824. The van der Waals surface area contributed by atoms with Gasteiger partial charge in [-0.05, 0) is 24.2 Å². The zero-order chi connectivity index (χ0) is 17.5. The lowest BCUT2D eigenvalue weighted by Crippen LogP contribution is -2.42. The molecule has 0 aromatic carbocycles. The van der Waals surface area contributed by atoms with Crippen LogP contribution in [0.3, 0.4) is 0 Å². The van der Waals surface area contributed by atoms with Gasteiger partial charge in [-0.1, -0.05) is 13.8 Å². The molecule has 132 valence electrons. The van der Waals surface area contributed by atoms with Gasteiger partial charge in [0.2, 0.25) is 0 Å². The van der Waals surface area contributed by atoms with Gasteiger partial charge in [0, 0.05) is 19.3 Å². The van der Waals surface area contributed by atoms with Crippen LogP contribution in [0, 0.1) is 28.6 Å². The molecule has 0 spiro atoms. The van der Waals surface area contributed by atoms with E-state index in [-0.39, 0.29) is 47.3 Å². The minimum atomic E-state index is -3.98. The maximum Gasteiger partial charge on any atom is 0.268 e. The first kappa shape index (κ1) is 16.4. The fourth-order valence-corrected chi connectivity index (χ4v) is 7.29. The van der Waals surface area contributed by atoms with Gasteiger partial charge in [-0.15, -0.1) is 0 Å². The molecular formula is C17H22O6S. The summed E-state index contributed by atoms with van der Waals surface area (Å²) in [5.41, 5.74) is -1.24. The molecule has 4 aliphatic rings. The van der Waals surface area contributed by atoms with Crippen LogP contribution in [0.1, 0.15) is 46.0 Å². The summed E-state index contributed by atoms with van der Waals surface area (Å²) in [5, 5.41) is 0. The minimum Gasteiger partial charge on any atom is -0.299 e. The molecule has 5 atom stereocenters. The largest absolute Gasteiger partial charge is 0.299 e. The van der Waals surface area contributed by atoms with Crippen molar-refractivity contribution < 1.29 is 27.0 Å². The predicted molar refractivity (Wildman–Crippen MR) is 83.4 cm³/mol. The van der Waals surface area contributed by atoms with Crippen LogP contribution in [-0.2, 0) is 28.7 Å². The zero-order valence-corrected chi connectivity index (χ0v) is 14.7. The van der Waals surface area contributed by atoms with Crippen molar-refractivity contribution in [1.82, 2.24) is 0 Å². The van der Waals surface area contributed by atoms with E-state index in [0.717, 1.165) is 6.42 Å². The van der Waals surface area contributed by atoms with Crippen molar-refractivity contribution in [1.29, 1.82) is 0 Å². The standard InChI is InChI=1S/C17H22O6S/c1-16(2)9-5-6-17(16,12(20)7-9)8-24(21,22)23-15-13-10(18)3-4-11(19)14(13)15/h9,13-15H,3-8H2,1-2H3/t9?,13-,14?,15?,17?/m1/s1. The van der Waals surface area contributed by atoms with Gasteiger partial charge in [-0.25, -0.2) is 0 Å². The number of fused-ring (bicyclic) bond motifs is 3. The smallest absolute Gasteiger partial charge is 0.268 e. The van der Waals surface area contributed by atoms with E-state index in [4.69, 9.17) is 4.18 Å². The summed E-state index contributed by atoms with van der Waals surface area (Å²) in [6.07, 6.45) is 1.38. The molecule has 0 aromatic heterocycles. The Morgan fingerprint density at radius 3 is 2.12 bits per heavy atom. The van der Waals surface area contributed by atoms with Gasteiger partial charge in [0.15, 0.2) is 0 Å². The number of hydrogen-bond donors (Lipinski definition) is 0. The Labute approximate surface area is 141 Å². The zero-order valence-electron chi connectivity index (χ0n) is 13.9. The van der Waals surface area contributed by atoms with Crippen molar-refractivity contribution in [2.75, 3.05) is 5.75 Å². The summed E-state index contributed by atoms with van der Waals surface area (Å²) < 4.78 is 30.5. The number of ketones is 3. The molecule has 6 nitrogen and oxygen atoms in total. The SMILES string of the molecule is CC1(C)C2CCC1(CS(=O)(=O)OC1C3C(=O)CCC(=O)[C@@H]13)C(=O)C2. The highest BCUT2D eigenvalue weighted by atomic mass is 32.2. The average Bonchev–Trinajstić information content (AvgIpc) is 3.09. The highest BCUT2D eigenvalue weighted by molar-refractivity contribution is 7.86. The molecule has 0 saturated heterocycles. The van der Waals surface area contributed by atoms with Crippen molar-refractivity contribution in [2.24, 2.45) is 28.6 Å². The fourth-order valence-electron chi connectivity index (χ4n) is 5.36. The van der Waals surface area contributed by atoms with Crippen LogP contribution in [0.2, 0.25) is 0 Å². The number of carbonyl (C=O) groups is 3. The molecule has 4 rings (SSSR count). The first-order chi connectivity index (χ1) is 11.1. The maximum absolute atomic E-state index is 12.6. The topological polar surface area (TPSA) is 94.6 Å². The summed E-state index contributed by atoms with van der Waals surface area (Å²) in [5.74, 6) is -1.46. The Kier molecular flexibility index (Phi) is 3.25. The first-order valence-electron chi connectivity index (χ1n) is 8.59. The van der Waals surface area contributed by atoms with Crippen LogP contribution in [0.5, 0.6) is 0 Å². The van der Waals surface area contributed by atoms with Gasteiger partial charge in [-0.2, -0.15) is 8.42 Å². The Bertz CT molecular complexity index is 729. The van der Waals surface area contributed by atoms with Gasteiger partial charge in [0.05, 0.1) is 29.1 Å². The van der Waals surface area contributed by atoms with Crippen LogP contribution < -0.4 is 0 Å². The lowest BCUT2D eigenvalue weighted by Gasteiger charge is -2.35. The van der Waals surface area contributed by atoms with E-state index in [1.54, 1.807) is 0 Å². The Morgan fingerprint density at radius 1 is 1.08 bits per heavy atom. The summed E-state index contributed by atoms with van der Waals surface area (Å²) in [6.45, 7) is 3.93. The summed E-state index contributed by atoms with van der Waals surface area (Å²) in [4.78, 5) is 36.1. The summed E-state index contributed by atoms with van der Waals surface area (Å²) in [6, 6.07) is 0. The van der Waals surface area contributed by atoms with Crippen molar-refractivity contribution in [3.63, 3.8) is 0 Å². The Balaban J connectivity index is 1.54. The lowest BCUT2D eigenvalue weighted by molar-refractivity contribution is -0.129. The van der Waals surface area contributed by atoms with Gasteiger partial charge in [0.1, 0.15) is 17.3 Å². The molecule has 0 amide bonds. The Morgan fingerprint density at radius 2 is 1.67 bits per heavy atom. The van der Waals surface area contributed by atoms with Gasteiger partial charge >= 0.3 is 0 Å². The molecule has 4 aliphatic carbocycles. The van der Waals surface area contributed by atoms with Crippen molar-refractivity contribution in [3.8, 4) is 0 Å². The van der Waals surface area contributed by atoms with E-state index in [0.29, 0.717) is 12.8 Å². The molecule has 4 fully saturated rings. The van der Waals surface area contributed by atoms with Crippen LogP contribution in [0.15, 0.2) is 0 Å². The molecule has 0 N–H and O–H groups in total. The van der Waals surface area contributed by atoms with Crippen molar-refractivity contribution in [2.45, 2.75) is 52.1 Å². The van der Waals surface area contributed by atoms with Crippen LogP contribution in [0.25, 0.3) is 0 Å². The van der Waals surface area contributed by atoms with E-state index in [9.17, 15) is 22.8 Å². The first-order valence-corrected chi connectivity index (χ1v) is 10.2. The monoisotopic (exact) mass is 354 g/mol. The van der Waals surface area contributed by atoms with Gasteiger partial charge in [0.25, 0.3) is 10.1 Å². The molecule has 24 heavy (non-hydrogen) atoms. The van der Waals surface area contributed by atoms with Crippen molar-refractivity contribution >= 4 is 27.5 Å². The van der Waals surface area contributed by atoms with E-state index >= 15 is 0 Å². The second kappa shape index (κ2) is 4.75. The number of hydrogen-bond acceptors (Lipinski definition) is 6. The maximum atomic E-state index is 12.6. The minimum absolute atomic E-state index is 0.0105. The molecule has 7 heteroatoms. The Hall–Kier alpha value is -1.08. The van der Waals surface area contributed by atoms with Crippen LogP contribution in [0.4, 0.5) is 0 Å². The number of carbonyl (C=O) groups excluding carboxylic acids is 3. The third-order valence-corrected chi connectivity index (χ3v) is 8.50. The molecule has 0 aromatic rings. The molecule has 0 radical (unpaired) electrons. The number of rotatable bonds is 4. The third-order valence-electron chi connectivity index (χ3n) is 7.14. The van der Waals surface area contributed by atoms with E-state index in [2.05, 4.69) is 0 Å². The molecule has 0 aliphatic heterocycles. The van der Waals surface area contributed by atoms with Crippen molar-refractivity contribution in [3.05, 3.63) is 0 Å². The average molecular weight is 354 g/mol. The van der Waals surface area contributed by atoms with E-state index < -0.39 is 33.5 Å². The molecule has 4 saturated carbocycles. The molecule has 0 heterocycles. The highest BCUT2D eigenvalue weighted by Gasteiger charge is 2.67. The molecular weight excluding hydrogens is 332 g/mol. The quantitative estimate of drug-likeness (QED) is 0.706. The third kappa shape index (κ3) is 2.03. The van der Waals surface area contributed by atoms with Gasteiger partial charge in [-0.3, -0.25) is 18.6 Å². The van der Waals surface area contributed by atoms with Crippen LogP contribution >= 0.6 is 0 Å². The molecule has 2 bridgehead atoms. The number of Topliss-reactive ketones (excluding diaryl/α,β-unsaturated/α-hetero) is 3. The summed E-state index contributed by atoms with van der Waals surface area (Å²) >= 11 is 0.